The minimum absolute atomic E-state index is 0.198. The van der Waals surface area contributed by atoms with Crippen molar-refractivity contribution in [3.63, 3.8) is 0 Å². The second-order valence-corrected chi connectivity index (χ2v) is 3.84. The number of nitrogens with zero attached hydrogens (tertiary/aromatic N) is 1. The molecule has 0 radical (unpaired) electrons. The van der Waals surface area contributed by atoms with E-state index >= 15 is 0 Å². The smallest absolute Gasteiger partial charge is 0.404 e. The fourth-order valence-electron chi connectivity index (χ4n) is 1.77. The van der Waals surface area contributed by atoms with Crippen LogP contribution in [0.15, 0.2) is 28.7 Å². The Labute approximate surface area is 93.3 Å². The van der Waals surface area contributed by atoms with Crippen molar-refractivity contribution < 1.29 is 9.34 Å². The summed E-state index contributed by atoms with van der Waals surface area (Å²) >= 11 is 0. The van der Waals surface area contributed by atoms with Crippen LogP contribution in [-0.2, 0) is 6.54 Å². The standard InChI is InChI=1S/C11H14N2O3/c14-13(15)11-7-6-10(16-11)8-12-9-4-2-1-3-5-9/h2,4,6-7,9,12H,1,3,5,8H2. The Kier molecular flexibility index (Phi) is 3.36. The summed E-state index contributed by atoms with van der Waals surface area (Å²) in [7, 11) is 0. The highest BCUT2D eigenvalue weighted by Gasteiger charge is 2.13. The van der Waals surface area contributed by atoms with Crippen LogP contribution in [0.4, 0.5) is 5.88 Å². The molecular weight excluding hydrogens is 208 g/mol. The largest absolute Gasteiger partial charge is 0.433 e. The van der Waals surface area contributed by atoms with Gasteiger partial charge in [-0.1, -0.05) is 12.2 Å². The third-order valence-electron chi connectivity index (χ3n) is 2.62. The van der Waals surface area contributed by atoms with Gasteiger partial charge >= 0.3 is 5.88 Å². The number of rotatable bonds is 4. The highest BCUT2D eigenvalue weighted by Crippen LogP contribution is 2.16. The van der Waals surface area contributed by atoms with Gasteiger partial charge in [0, 0.05) is 6.04 Å². The van der Waals surface area contributed by atoms with Gasteiger partial charge in [-0.2, -0.15) is 0 Å². The van der Waals surface area contributed by atoms with E-state index in [0.717, 1.165) is 12.8 Å². The molecule has 1 aliphatic rings. The van der Waals surface area contributed by atoms with Crippen molar-refractivity contribution in [2.24, 2.45) is 0 Å². The van der Waals surface area contributed by atoms with Gasteiger partial charge in [-0.3, -0.25) is 10.1 Å². The fourth-order valence-corrected chi connectivity index (χ4v) is 1.77. The zero-order chi connectivity index (χ0) is 11.4. The lowest BCUT2D eigenvalue weighted by atomic mass is 10.0. The van der Waals surface area contributed by atoms with E-state index in [9.17, 15) is 10.1 Å². The van der Waals surface area contributed by atoms with Crippen LogP contribution < -0.4 is 5.32 Å². The van der Waals surface area contributed by atoms with Crippen LogP contribution in [0.25, 0.3) is 0 Å². The number of nitrogens with one attached hydrogen (secondary N) is 1. The van der Waals surface area contributed by atoms with E-state index < -0.39 is 4.92 Å². The molecule has 0 bridgehead atoms. The predicted molar refractivity (Wildman–Crippen MR) is 59.0 cm³/mol. The van der Waals surface area contributed by atoms with Gasteiger partial charge in [-0.05, 0) is 25.3 Å². The molecule has 1 aromatic heterocycles. The van der Waals surface area contributed by atoms with E-state index in [1.807, 2.05) is 0 Å². The zero-order valence-corrected chi connectivity index (χ0v) is 8.89. The first-order valence-corrected chi connectivity index (χ1v) is 5.39. The van der Waals surface area contributed by atoms with Crippen molar-refractivity contribution in [2.75, 3.05) is 0 Å². The van der Waals surface area contributed by atoms with E-state index in [4.69, 9.17) is 4.42 Å². The summed E-state index contributed by atoms with van der Waals surface area (Å²) in [4.78, 5) is 9.88. The van der Waals surface area contributed by atoms with Crippen LogP contribution >= 0.6 is 0 Å². The van der Waals surface area contributed by atoms with E-state index in [1.54, 1.807) is 6.07 Å². The van der Waals surface area contributed by atoms with Crippen LogP contribution in [0.5, 0.6) is 0 Å². The Hall–Kier alpha value is -1.62. The minimum Gasteiger partial charge on any atom is -0.404 e. The third-order valence-corrected chi connectivity index (χ3v) is 2.62. The Morgan fingerprint density at radius 2 is 2.44 bits per heavy atom. The summed E-state index contributed by atoms with van der Waals surface area (Å²) < 4.78 is 5.05. The number of hydrogen-bond acceptors (Lipinski definition) is 4. The molecule has 0 saturated heterocycles. The number of nitro groups is 1. The molecular formula is C11H14N2O3. The molecule has 1 unspecified atom stereocenters. The maximum Gasteiger partial charge on any atom is 0.433 e. The highest BCUT2D eigenvalue weighted by atomic mass is 16.6. The average molecular weight is 222 g/mol. The molecule has 2 rings (SSSR count). The molecule has 86 valence electrons. The molecule has 1 heterocycles. The number of allylic oxidation sites excluding steroid dienone is 1. The lowest BCUT2D eigenvalue weighted by molar-refractivity contribution is -0.402. The van der Waals surface area contributed by atoms with E-state index in [0.29, 0.717) is 18.3 Å². The normalized spacial score (nSPS) is 19.9. The van der Waals surface area contributed by atoms with E-state index in [-0.39, 0.29) is 5.88 Å². The molecule has 1 aromatic rings. The van der Waals surface area contributed by atoms with E-state index in [1.165, 1.54) is 12.5 Å². The highest BCUT2D eigenvalue weighted by molar-refractivity contribution is 5.17. The van der Waals surface area contributed by atoms with Crippen molar-refractivity contribution >= 4 is 5.88 Å². The van der Waals surface area contributed by atoms with Crippen LogP contribution in [0.2, 0.25) is 0 Å². The molecule has 0 aliphatic heterocycles. The fraction of sp³-hybridized carbons (Fsp3) is 0.455. The van der Waals surface area contributed by atoms with Gasteiger partial charge in [0.2, 0.25) is 0 Å². The van der Waals surface area contributed by atoms with Crippen LogP contribution in [0.1, 0.15) is 25.0 Å². The van der Waals surface area contributed by atoms with Crippen molar-refractivity contribution in [1.29, 1.82) is 0 Å². The quantitative estimate of drug-likeness (QED) is 0.482. The zero-order valence-electron chi connectivity index (χ0n) is 8.89. The molecule has 0 aromatic carbocycles. The summed E-state index contributed by atoms with van der Waals surface area (Å²) in [6, 6.07) is 3.38. The summed E-state index contributed by atoms with van der Waals surface area (Å²) in [6.45, 7) is 0.531. The summed E-state index contributed by atoms with van der Waals surface area (Å²) in [5.74, 6) is 0.404. The van der Waals surface area contributed by atoms with Crippen LogP contribution in [0.3, 0.4) is 0 Å². The third kappa shape index (κ3) is 2.70. The second-order valence-electron chi connectivity index (χ2n) is 3.84. The summed E-state index contributed by atoms with van der Waals surface area (Å²) in [5.41, 5.74) is 0. The van der Waals surface area contributed by atoms with Crippen molar-refractivity contribution in [3.8, 4) is 0 Å². The first-order chi connectivity index (χ1) is 7.75. The van der Waals surface area contributed by atoms with Crippen molar-refractivity contribution in [2.45, 2.75) is 31.8 Å². The van der Waals surface area contributed by atoms with Gasteiger partial charge in [0.15, 0.2) is 0 Å². The second kappa shape index (κ2) is 4.94. The van der Waals surface area contributed by atoms with Gasteiger partial charge < -0.3 is 9.73 Å². The lowest BCUT2D eigenvalue weighted by Gasteiger charge is -2.16. The Morgan fingerprint density at radius 3 is 3.06 bits per heavy atom. The number of hydrogen-bond donors (Lipinski definition) is 1. The monoisotopic (exact) mass is 222 g/mol. The molecule has 1 atom stereocenters. The van der Waals surface area contributed by atoms with E-state index in [2.05, 4.69) is 17.5 Å². The van der Waals surface area contributed by atoms with Gasteiger partial charge in [-0.25, -0.2) is 0 Å². The predicted octanol–water partition coefficient (Wildman–Crippen LogP) is 2.39. The lowest BCUT2D eigenvalue weighted by Crippen LogP contribution is -2.27. The number of furan rings is 1. The first-order valence-electron chi connectivity index (χ1n) is 5.39. The maximum absolute atomic E-state index is 10.4. The van der Waals surface area contributed by atoms with Crippen LogP contribution in [-0.4, -0.2) is 11.0 Å². The minimum atomic E-state index is -0.524. The van der Waals surface area contributed by atoms with Crippen molar-refractivity contribution in [3.05, 3.63) is 40.2 Å². The van der Waals surface area contributed by atoms with Crippen molar-refractivity contribution in [1.82, 2.24) is 5.32 Å². The molecule has 1 N–H and O–H groups in total. The molecule has 5 heteroatoms. The first kappa shape index (κ1) is 10.9. The molecule has 0 amide bonds. The topological polar surface area (TPSA) is 68.3 Å². The van der Waals surface area contributed by atoms with Gasteiger partial charge in [0.05, 0.1) is 12.6 Å². The summed E-state index contributed by atoms with van der Waals surface area (Å²) in [6.07, 6.45) is 7.74. The molecule has 1 aliphatic carbocycles. The maximum atomic E-state index is 10.4. The molecule has 16 heavy (non-hydrogen) atoms. The van der Waals surface area contributed by atoms with Gasteiger partial charge in [0.1, 0.15) is 10.7 Å². The Balaban J connectivity index is 1.86. The van der Waals surface area contributed by atoms with Gasteiger partial charge in [-0.15, -0.1) is 0 Å². The SMILES string of the molecule is O=[N+]([O-])c1ccc(CNC2C=CCCC2)o1. The van der Waals surface area contributed by atoms with Gasteiger partial charge in [0.25, 0.3) is 0 Å². The Morgan fingerprint density at radius 1 is 1.56 bits per heavy atom. The molecule has 0 fully saturated rings. The molecule has 5 nitrogen and oxygen atoms in total. The van der Waals surface area contributed by atoms with Crippen LogP contribution in [0, 0.1) is 10.1 Å². The molecule has 0 saturated carbocycles. The summed E-state index contributed by atoms with van der Waals surface area (Å²) in [5, 5.41) is 13.7. The Bertz CT molecular complexity index is 398. The molecule has 0 spiro atoms. The average Bonchev–Trinajstić information content (AvgIpc) is 2.76.